The molecule has 1 fully saturated rings. The second kappa shape index (κ2) is 8.29. The highest BCUT2D eigenvalue weighted by atomic mass is 16.5. The van der Waals surface area contributed by atoms with Crippen molar-refractivity contribution < 1.29 is 9.53 Å². The predicted octanol–water partition coefficient (Wildman–Crippen LogP) is 5.47. The molecule has 2 heterocycles. The lowest BCUT2D eigenvalue weighted by Gasteiger charge is -2.37. The number of benzene rings is 2. The van der Waals surface area contributed by atoms with Crippen LogP contribution in [0.1, 0.15) is 60.5 Å². The van der Waals surface area contributed by atoms with Gasteiger partial charge in [-0.1, -0.05) is 49.1 Å². The minimum Gasteiger partial charge on any atom is -0.497 e. The Kier molecular flexibility index (Phi) is 5.34. The normalized spacial score (nSPS) is 19.3. The molecule has 1 aliphatic heterocycles. The van der Waals surface area contributed by atoms with Crippen LogP contribution in [0.2, 0.25) is 0 Å². The zero-order valence-corrected chi connectivity index (χ0v) is 18.4. The van der Waals surface area contributed by atoms with Gasteiger partial charge < -0.3 is 19.9 Å². The van der Waals surface area contributed by atoms with Gasteiger partial charge in [-0.05, 0) is 55.5 Å². The second-order valence-electron chi connectivity index (χ2n) is 8.97. The third-order valence-electron chi connectivity index (χ3n) is 6.92. The van der Waals surface area contributed by atoms with E-state index in [2.05, 4.69) is 53.6 Å². The first-order valence-corrected chi connectivity index (χ1v) is 11.5. The monoisotopic (exact) mass is 417 g/mol. The van der Waals surface area contributed by atoms with E-state index in [9.17, 15) is 4.79 Å². The third-order valence-corrected chi connectivity index (χ3v) is 6.92. The first-order chi connectivity index (χ1) is 15.1. The number of urea groups is 1. The largest absolute Gasteiger partial charge is 0.497 e. The van der Waals surface area contributed by atoms with Gasteiger partial charge in [0.05, 0.1) is 13.2 Å². The summed E-state index contributed by atoms with van der Waals surface area (Å²) < 4.78 is 5.46. The number of aromatic nitrogens is 1. The van der Waals surface area contributed by atoms with E-state index in [1.165, 1.54) is 35.8 Å². The summed E-state index contributed by atoms with van der Waals surface area (Å²) in [7, 11) is 1.70. The Morgan fingerprint density at radius 2 is 1.87 bits per heavy atom. The molecule has 1 aliphatic carbocycles. The average molecular weight is 418 g/mol. The lowest BCUT2D eigenvalue weighted by atomic mass is 9.92. The number of methoxy groups -OCH3 is 1. The molecule has 0 radical (unpaired) electrons. The van der Waals surface area contributed by atoms with E-state index in [1.807, 2.05) is 11.0 Å². The number of carbonyl (C=O) groups is 1. The smallest absolute Gasteiger partial charge is 0.318 e. The van der Waals surface area contributed by atoms with Gasteiger partial charge >= 0.3 is 6.03 Å². The van der Waals surface area contributed by atoms with Crippen LogP contribution < -0.4 is 10.1 Å². The standard InChI is InChI=1S/C26H31N3O2/c1-17-8-10-18(11-9-17)25-24-21(22-16-20(31-2)12-13-23(22)28-24)14-15-29(25)26(30)27-19-6-4-3-5-7-19/h8-13,16,19,25,28H,3-7,14-15H2,1-2H3,(H,27,30)/t25-/m0/s1. The van der Waals surface area contributed by atoms with Gasteiger partial charge in [-0.2, -0.15) is 0 Å². The molecule has 0 saturated heterocycles. The number of H-pyrrole nitrogens is 1. The Balaban J connectivity index is 1.54. The maximum atomic E-state index is 13.4. The van der Waals surface area contributed by atoms with E-state index in [0.717, 1.165) is 41.8 Å². The highest BCUT2D eigenvalue weighted by Crippen LogP contribution is 2.39. The van der Waals surface area contributed by atoms with Gasteiger partial charge in [0.15, 0.2) is 0 Å². The van der Waals surface area contributed by atoms with Crippen LogP contribution in [-0.4, -0.2) is 35.6 Å². The van der Waals surface area contributed by atoms with Gasteiger partial charge in [0.1, 0.15) is 5.75 Å². The first-order valence-electron chi connectivity index (χ1n) is 11.5. The van der Waals surface area contributed by atoms with Gasteiger partial charge in [0.2, 0.25) is 0 Å². The van der Waals surface area contributed by atoms with Gasteiger partial charge in [-0.3, -0.25) is 0 Å². The van der Waals surface area contributed by atoms with Crippen molar-refractivity contribution in [1.29, 1.82) is 0 Å². The highest BCUT2D eigenvalue weighted by molar-refractivity contribution is 5.87. The van der Waals surface area contributed by atoms with E-state index >= 15 is 0 Å². The van der Waals surface area contributed by atoms with Crippen LogP contribution in [0.4, 0.5) is 4.79 Å². The summed E-state index contributed by atoms with van der Waals surface area (Å²) >= 11 is 0. The Morgan fingerprint density at radius 3 is 2.61 bits per heavy atom. The summed E-state index contributed by atoms with van der Waals surface area (Å²) in [6, 6.07) is 15.0. The molecule has 1 saturated carbocycles. The summed E-state index contributed by atoms with van der Waals surface area (Å²) in [5.41, 5.74) is 5.87. The van der Waals surface area contributed by atoms with Gasteiger partial charge in [-0.25, -0.2) is 4.79 Å². The molecule has 31 heavy (non-hydrogen) atoms. The molecule has 0 spiro atoms. The molecule has 0 bridgehead atoms. The Bertz CT molecular complexity index is 1080. The number of aryl methyl sites for hydroxylation is 1. The molecule has 0 unspecified atom stereocenters. The summed E-state index contributed by atoms with van der Waals surface area (Å²) in [5.74, 6) is 0.860. The lowest BCUT2D eigenvalue weighted by Crippen LogP contribution is -2.49. The van der Waals surface area contributed by atoms with Crippen LogP contribution in [0.15, 0.2) is 42.5 Å². The maximum absolute atomic E-state index is 13.4. The second-order valence-corrected chi connectivity index (χ2v) is 8.97. The van der Waals surface area contributed by atoms with E-state index in [4.69, 9.17) is 4.74 Å². The summed E-state index contributed by atoms with van der Waals surface area (Å²) in [4.78, 5) is 19.1. The number of hydrogen-bond donors (Lipinski definition) is 2. The number of fused-ring (bicyclic) bond motifs is 3. The van der Waals surface area contributed by atoms with Gasteiger partial charge in [-0.15, -0.1) is 0 Å². The molecule has 1 aromatic heterocycles. The van der Waals surface area contributed by atoms with Crippen molar-refractivity contribution >= 4 is 16.9 Å². The molecule has 2 N–H and O–H groups in total. The minimum absolute atomic E-state index is 0.0550. The van der Waals surface area contributed by atoms with Gasteiger partial charge in [0.25, 0.3) is 0 Å². The average Bonchev–Trinajstić information content (AvgIpc) is 3.17. The number of ether oxygens (including phenoxy) is 1. The molecular weight excluding hydrogens is 386 g/mol. The third kappa shape index (κ3) is 3.78. The highest BCUT2D eigenvalue weighted by Gasteiger charge is 2.35. The van der Waals surface area contributed by atoms with E-state index in [1.54, 1.807) is 7.11 Å². The molecule has 1 atom stereocenters. The Morgan fingerprint density at radius 1 is 1.10 bits per heavy atom. The number of amides is 2. The van der Waals surface area contributed by atoms with Crippen molar-refractivity contribution in [3.63, 3.8) is 0 Å². The number of rotatable bonds is 3. The Hall–Kier alpha value is -2.95. The summed E-state index contributed by atoms with van der Waals surface area (Å²) in [6.07, 6.45) is 6.71. The number of nitrogens with one attached hydrogen (secondary N) is 2. The zero-order chi connectivity index (χ0) is 21.4. The zero-order valence-electron chi connectivity index (χ0n) is 18.4. The van der Waals surface area contributed by atoms with E-state index in [-0.39, 0.29) is 12.1 Å². The molecule has 5 rings (SSSR count). The minimum atomic E-state index is -0.119. The van der Waals surface area contributed by atoms with Gasteiger partial charge in [0, 0.05) is 29.2 Å². The topological polar surface area (TPSA) is 57.4 Å². The van der Waals surface area contributed by atoms with Crippen LogP contribution in [0, 0.1) is 6.92 Å². The summed E-state index contributed by atoms with van der Waals surface area (Å²) in [6.45, 7) is 2.80. The van der Waals surface area contributed by atoms with E-state index in [0.29, 0.717) is 12.6 Å². The van der Waals surface area contributed by atoms with Crippen LogP contribution in [0.25, 0.3) is 10.9 Å². The van der Waals surface area contributed by atoms with Crippen molar-refractivity contribution in [1.82, 2.24) is 15.2 Å². The SMILES string of the molecule is COc1ccc2[nH]c3c(c2c1)CCN(C(=O)NC1CCCCC1)[C@H]3c1ccc(C)cc1. The fourth-order valence-corrected chi connectivity index (χ4v) is 5.21. The quantitative estimate of drug-likeness (QED) is 0.593. The first kappa shape index (κ1) is 20.0. The van der Waals surface area contributed by atoms with Crippen molar-refractivity contribution in [3.05, 3.63) is 64.8 Å². The molecule has 2 aliphatic rings. The number of hydrogen-bond acceptors (Lipinski definition) is 2. The van der Waals surface area contributed by atoms with Crippen molar-refractivity contribution in [3.8, 4) is 5.75 Å². The molecule has 162 valence electrons. The molecule has 3 aromatic rings. The lowest BCUT2D eigenvalue weighted by molar-refractivity contribution is 0.172. The van der Waals surface area contributed by atoms with E-state index < -0.39 is 0 Å². The Labute approximate surface area is 183 Å². The van der Waals surface area contributed by atoms with Crippen molar-refractivity contribution in [2.45, 2.75) is 57.5 Å². The number of nitrogens with zero attached hydrogens (tertiary/aromatic N) is 1. The van der Waals surface area contributed by atoms with Crippen molar-refractivity contribution in [2.24, 2.45) is 0 Å². The summed E-state index contributed by atoms with van der Waals surface area (Å²) in [5, 5.41) is 4.53. The van der Waals surface area contributed by atoms with Crippen LogP contribution >= 0.6 is 0 Å². The van der Waals surface area contributed by atoms with Crippen molar-refractivity contribution in [2.75, 3.05) is 13.7 Å². The maximum Gasteiger partial charge on any atom is 0.318 e. The number of carbonyl (C=O) groups excluding carboxylic acids is 1. The van der Waals surface area contributed by atoms with Crippen LogP contribution in [0.5, 0.6) is 5.75 Å². The fraction of sp³-hybridized carbons (Fsp3) is 0.423. The molecule has 2 amide bonds. The molecule has 5 heteroatoms. The molecule has 2 aromatic carbocycles. The predicted molar refractivity (Wildman–Crippen MR) is 124 cm³/mol. The van der Waals surface area contributed by atoms with Crippen LogP contribution in [-0.2, 0) is 6.42 Å². The molecule has 5 nitrogen and oxygen atoms in total. The van der Waals surface area contributed by atoms with Crippen LogP contribution in [0.3, 0.4) is 0 Å². The molecular formula is C26H31N3O2. The number of aromatic amines is 1. The fourth-order valence-electron chi connectivity index (χ4n) is 5.21.